The number of piperidine rings is 1. The average Bonchev–Trinajstić information content (AvgIpc) is 3.01. The molecule has 4 heterocycles. The Labute approximate surface area is 192 Å². The van der Waals surface area contributed by atoms with Crippen LogP contribution in [0.4, 0.5) is 10.5 Å². The van der Waals surface area contributed by atoms with Crippen LogP contribution in [0.1, 0.15) is 28.9 Å². The molecular formula is C24H28N6O3. The Morgan fingerprint density at radius 1 is 1.18 bits per heavy atom. The Hall–Kier alpha value is -3.59. The van der Waals surface area contributed by atoms with Gasteiger partial charge in [0.15, 0.2) is 5.69 Å². The van der Waals surface area contributed by atoms with E-state index < -0.39 is 0 Å². The zero-order valence-electron chi connectivity index (χ0n) is 18.6. The molecule has 3 fully saturated rings. The number of amides is 3. The normalized spacial score (nSPS) is 19.8. The maximum absolute atomic E-state index is 13.3. The number of methoxy groups -OCH3 is 1. The first-order chi connectivity index (χ1) is 16.1. The summed E-state index contributed by atoms with van der Waals surface area (Å²) in [7, 11) is 1.61. The fourth-order valence-corrected chi connectivity index (χ4v) is 4.61. The van der Waals surface area contributed by atoms with E-state index in [2.05, 4.69) is 25.7 Å². The number of aromatic amines is 1. The van der Waals surface area contributed by atoms with E-state index in [1.54, 1.807) is 19.2 Å². The van der Waals surface area contributed by atoms with Gasteiger partial charge in [0.2, 0.25) is 0 Å². The van der Waals surface area contributed by atoms with E-state index in [1.807, 2.05) is 35.2 Å². The summed E-state index contributed by atoms with van der Waals surface area (Å²) in [5.74, 6) is 1.23. The van der Waals surface area contributed by atoms with E-state index in [-0.39, 0.29) is 11.9 Å². The maximum Gasteiger partial charge on any atom is 0.319 e. The van der Waals surface area contributed by atoms with E-state index in [0.717, 1.165) is 49.3 Å². The Balaban J connectivity index is 1.27. The first kappa shape index (κ1) is 21.3. The zero-order chi connectivity index (χ0) is 22.8. The van der Waals surface area contributed by atoms with Crippen molar-refractivity contribution >= 4 is 28.5 Å². The molecule has 2 bridgehead atoms. The number of rotatable bonds is 5. The zero-order valence-corrected chi connectivity index (χ0v) is 18.6. The summed E-state index contributed by atoms with van der Waals surface area (Å²) < 4.78 is 5.22. The minimum absolute atomic E-state index is 0.0697. The summed E-state index contributed by atoms with van der Waals surface area (Å²) in [5.41, 5.74) is 2.69. The Morgan fingerprint density at radius 3 is 2.85 bits per heavy atom. The van der Waals surface area contributed by atoms with Gasteiger partial charge < -0.3 is 20.3 Å². The highest BCUT2D eigenvalue weighted by Gasteiger charge is 2.32. The van der Waals surface area contributed by atoms with Crippen LogP contribution in [0, 0.1) is 5.92 Å². The number of nitrogens with zero attached hydrogens (tertiary/aromatic N) is 3. The summed E-state index contributed by atoms with van der Waals surface area (Å²) in [6.45, 7) is 3.89. The number of carbonyl (C=O) groups excluding carboxylic acids is 2. The highest BCUT2D eigenvalue weighted by molar-refractivity contribution is 6.06. The van der Waals surface area contributed by atoms with Crippen molar-refractivity contribution in [1.82, 2.24) is 25.3 Å². The minimum atomic E-state index is -0.328. The predicted octanol–water partition coefficient (Wildman–Crippen LogP) is 3.02. The second kappa shape index (κ2) is 9.11. The molecule has 3 aliphatic rings. The van der Waals surface area contributed by atoms with Gasteiger partial charge in [0.05, 0.1) is 19.3 Å². The molecule has 33 heavy (non-hydrogen) atoms. The quantitative estimate of drug-likeness (QED) is 0.557. The summed E-state index contributed by atoms with van der Waals surface area (Å²) in [6, 6.07) is 12.6. The summed E-state index contributed by atoms with van der Waals surface area (Å²) >= 11 is 0. The van der Waals surface area contributed by atoms with Gasteiger partial charge in [-0.3, -0.25) is 14.8 Å². The number of benzene rings is 2. The summed E-state index contributed by atoms with van der Waals surface area (Å²) in [5, 5.41) is 13.7. The van der Waals surface area contributed by atoms with Gasteiger partial charge in [-0.15, -0.1) is 0 Å². The molecule has 0 unspecified atom stereocenters. The number of nitrogens with one attached hydrogen (secondary N) is 3. The maximum atomic E-state index is 13.3. The first-order valence-corrected chi connectivity index (χ1v) is 11.3. The van der Waals surface area contributed by atoms with Crippen LogP contribution >= 0.6 is 0 Å². The van der Waals surface area contributed by atoms with Gasteiger partial charge in [0, 0.05) is 37.3 Å². The summed E-state index contributed by atoms with van der Waals surface area (Å²) in [4.78, 5) is 30.0. The van der Waals surface area contributed by atoms with Crippen LogP contribution < -0.4 is 15.4 Å². The largest absolute Gasteiger partial charge is 0.497 e. The number of H-pyrrole nitrogens is 1. The average molecular weight is 449 g/mol. The molecule has 3 amide bonds. The lowest BCUT2D eigenvalue weighted by molar-refractivity contribution is 0.0681. The lowest BCUT2D eigenvalue weighted by atomic mass is 9.98. The summed E-state index contributed by atoms with van der Waals surface area (Å²) in [6.07, 6.45) is 2.29. The molecule has 0 radical (unpaired) electrons. The molecule has 1 aromatic heterocycles. The van der Waals surface area contributed by atoms with Crippen LogP contribution in [0.5, 0.6) is 5.75 Å². The number of carbonyl (C=O) groups is 2. The van der Waals surface area contributed by atoms with Gasteiger partial charge in [-0.05, 0) is 54.7 Å². The lowest BCUT2D eigenvalue weighted by Gasteiger charge is -2.25. The van der Waals surface area contributed by atoms with E-state index >= 15 is 0 Å². The van der Waals surface area contributed by atoms with E-state index in [1.165, 1.54) is 0 Å². The van der Waals surface area contributed by atoms with Gasteiger partial charge in [0.25, 0.3) is 5.91 Å². The minimum Gasteiger partial charge on any atom is -0.497 e. The van der Waals surface area contributed by atoms with E-state index in [9.17, 15) is 9.59 Å². The molecular weight excluding hydrogens is 420 g/mol. The van der Waals surface area contributed by atoms with Gasteiger partial charge in [-0.25, -0.2) is 4.79 Å². The molecule has 3 aromatic rings. The van der Waals surface area contributed by atoms with Gasteiger partial charge in [0.1, 0.15) is 5.75 Å². The van der Waals surface area contributed by atoms with Gasteiger partial charge in [-0.2, -0.15) is 5.10 Å². The molecule has 0 atom stereocenters. The molecule has 9 nitrogen and oxygen atoms in total. The van der Waals surface area contributed by atoms with Crippen molar-refractivity contribution in [2.24, 2.45) is 5.92 Å². The predicted molar refractivity (Wildman–Crippen MR) is 125 cm³/mol. The second-order valence-electron chi connectivity index (χ2n) is 8.72. The van der Waals surface area contributed by atoms with Crippen molar-refractivity contribution in [3.8, 4) is 5.75 Å². The number of fused-ring (bicyclic) bond motifs is 5. The van der Waals surface area contributed by atoms with E-state index in [4.69, 9.17) is 4.74 Å². The van der Waals surface area contributed by atoms with Crippen molar-refractivity contribution in [2.75, 3.05) is 38.7 Å². The molecule has 3 aliphatic heterocycles. The third kappa shape index (κ3) is 4.63. The third-order valence-corrected chi connectivity index (χ3v) is 6.45. The molecule has 0 saturated carbocycles. The van der Waals surface area contributed by atoms with Crippen molar-refractivity contribution < 1.29 is 14.3 Å². The van der Waals surface area contributed by atoms with Gasteiger partial charge in [-0.1, -0.05) is 12.1 Å². The molecule has 0 aliphatic carbocycles. The van der Waals surface area contributed by atoms with Crippen LogP contribution in [0.15, 0.2) is 42.5 Å². The van der Waals surface area contributed by atoms with Gasteiger partial charge >= 0.3 is 6.03 Å². The third-order valence-electron chi connectivity index (χ3n) is 6.45. The smallest absolute Gasteiger partial charge is 0.319 e. The van der Waals surface area contributed by atoms with Crippen LogP contribution in [-0.2, 0) is 6.54 Å². The van der Waals surface area contributed by atoms with Crippen LogP contribution in [0.25, 0.3) is 10.9 Å². The Morgan fingerprint density at radius 2 is 2.03 bits per heavy atom. The number of anilines is 1. The molecule has 6 rings (SSSR count). The Bertz CT molecular complexity index is 1150. The first-order valence-electron chi connectivity index (χ1n) is 11.3. The molecule has 9 heteroatoms. The number of aromatic nitrogens is 2. The van der Waals surface area contributed by atoms with E-state index in [0.29, 0.717) is 35.9 Å². The highest BCUT2D eigenvalue weighted by Crippen LogP contribution is 2.26. The van der Waals surface area contributed by atoms with Crippen LogP contribution in [-0.4, -0.2) is 65.3 Å². The van der Waals surface area contributed by atoms with Crippen LogP contribution in [0.2, 0.25) is 0 Å². The molecule has 2 aromatic carbocycles. The van der Waals surface area contributed by atoms with Crippen molar-refractivity contribution in [2.45, 2.75) is 19.4 Å². The number of hydrogen-bond donors (Lipinski definition) is 3. The fraction of sp³-hybridized carbons (Fsp3) is 0.375. The second-order valence-corrected chi connectivity index (χ2v) is 8.72. The topological polar surface area (TPSA) is 103 Å². The highest BCUT2D eigenvalue weighted by atomic mass is 16.5. The monoisotopic (exact) mass is 448 g/mol. The van der Waals surface area contributed by atoms with Crippen molar-refractivity contribution in [3.63, 3.8) is 0 Å². The number of ether oxygens (including phenoxy) is 1. The molecule has 3 saturated heterocycles. The lowest BCUT2D eigenvalue weighted by Crippen LogP contribution is -2.39. The SMILES string of the molecule is COc1cccc(CNC(=O)Nc2ccc3[nH]nc(C(=O)N4CC5CCN(CC5)C4)c3c2)c1. The number of hydrogen-bond acceptors (Lipinski definition) is 5. The fourth-order valence-electron chi connectivity index (χ4n) is 4.61. The molecule has 172 valence electrons. The number of urea groups is 1. The standard InChI is InChI=1S/C24H28N6O3/c1-33-19-4-2-3-17(11-19)13-25-24(32)26-18-5-6-21-20(12-18)22(28-27-21)23(31)30-14-16-7-9-29(15-30)10-8-16/h2-6,11-12,16H,7-10,13-15H2,1H3,(H,27,28)(H2,25,26,32). The van der Waals surface area contributed by atoms with Crippen molar-refractivity contribution in [3.05, 3.63) is 53.7 Å². The van der Waals surface area contributed by atoms with Crippen molar-refractivity contribution in [1.29, 1.82) is 0 Å². The molecule has 3 N–H and O–H groups in total. The van der Waals surface area contributed by atoms with Crippen LogP contribution in [0.3, 0.4) is 0 Å². The Kier molecular flexibility index (Phi) is 5.87. The molecule has 0 spiro atoms.